The van der Waals surface area contributed by atoms with Crippen LogP contribution < -0.4 is 0 Å². The molecule has 1 aliphatic rings. The zero-order valence-corrected chi connectivity index (χ0v) is 13.2. The van der Waals surface area contributed by atoms with E-state index in [4.69, 9.17) is 9.05 Å². The van der Waals surface area contributed by atoms with Crippen LogP contribution in [0, 0.1) is 6.92 Å². The zero-order valence-electron chi connectivity index (χ0n) is 13.2. The Morgan fingerprint density at radius 1 is 1.21 bits per heavy atom. The maximum atomic E-state index is 12.6. The highest BCUT2D eigenvalue weighted by molar-refractivity contribution is 5.93. The molecular weight excluding hydrogens is 308 g/mol. The van der Waals surface area contributed by atoms with Gasteiger partial charge in [-0.2, -0.15) is 4.98 Å². The maximum Gasteiger partial charge on any atom is 0.276 e. The number of carbonyl (C=O) groups is 1. The number of aryl methyl sites for hydroxylation is 1. The summed E-state index contributed by atoms with van der Waals surface area (Å²) in [4.78, 5) is 18.6. The van der Waals surface area contributed by atoms with Gasteiger partial charge in [0, 0.05) is 24.7 Å². The number of likely N-dealkylation sites (tertiary alicyclic amines) is 1. The lowest BCUT2D eigenvalue weighted by Crippen LogP contribution is -2.28. The summed E-state index contributed by atoms with van der Waals surface area (Å²) >= 11 is 0. The van der Waals surface area contributed by atoms with Crippen LogP contribution in [0.4, 0.5) is 0 Å². The summed E-state index contributed by atoms with van der Waals surface area (Å²) < 4.78 is 10.5. The Kier molecular flexibility index (Phi) is 3.60. The molecule has 3 heterocycles. The molecule has 1 unspecified atom stereocenters. The largest absolute Gasteiger partial charge is 0.355 e. The normalized spacial score (nSPS) is 17.4. The quantitative estimate of drug-likeness (QED) is 0.736. The van der Waals surface area contributed by atoms with Crippen molar-refractivity contribution in [2.75, 3.05) is 13.1 Å². The molecule has 7 heteroatoms. The molecule has 2 aromatic heterocycles. The minimum Gasteiger partial charge on any atom is -0.355 e. The fraction of sp³-hybridized carbons (Fsp3) is 0.294. The highest BCUT2D eigenvalue weighted by Gasteiger charge is 2.32. The van der Waals surface area contributed by atoms with Gasteiger partial charge >= 0.3 is 0 Å². The zero-order chi connectivity index (χ0) is 16.5. The predicted molar refractivity (Wildman–Crippen MR) is 84.2 cm³/mol. The van der Waals surface area contributed by atoms with Crippen molar-refractivity contribution in [1.82, 2.24) is 20.2 Å². The van der Waals surface area contributed by atoms with Gasteiger partial charge in [-0.3, -0.25) is 4.79 Å². The van der Waals surface area contributed by atoms with Crippen LogP contribution in [0.5, 0.6) is 0 Å². The molecule has 24 heavy (non-hydrogen) atoms. The Bertz CT molecular complexity index is 856. The molecule has 0 radical (unpaired) electrons. The van der Waals surface area contributed by atoms with E-state index in [1.54, 1.807) is 17.9 Å². The lowest BCUT2D eigenvalue weighted by molar-refractivity contribution is 0.0779. The number of nitrogens with zero attached hydrogens (tertiary/aromatic N) is 4. The van der Waals surface area contributed by atoms with Gasteiger partial charge in [0.1, 0.15) is 0 Å². The fourth-order valence-electron chi connectivity index (χ4n) is 2.90. The molecule has 1 saturated heterocycles. The minimum atomic E-state index is -0.139. The maximum absolute atomic E-state index is 12.6. The van der Waals surface area contributed by atoms with Gasteiger partial charge in [-0.15, -0.1) is 0 Å². The second-order valence-electron chi connectivity index (χ2n) is 5.86. The summed E-state index contributed by atoms with van der Waals surface area (Å²) in [5.41, 5.74) is 1.21. The Morgan fingerprint density at radius 2 is 2.04 bits per heavy atom. The SMILES string of the molecule is Cc1noc(C2CCN(C(=O)c3cc(-c4ccccc4)on3)C2)n1. The number of rotatable bonds is 3. The summed E-state index contributed by atoms with van der Waals surface area (Å²) in [7, 11) is 0. The van der Waals surface area contributed by atoms with E-state index < -0.39 is 0 Å². The molecular formula is C17H16N4O3. The number of carbonyl (C=O) groups excluding carboxylic acids is 1. The molecule has 0 N–H and O–H groups in total. The van der Waals surface area contributed by atoms with Crippen molar-refractivity contribution < 1.29 is 13.8 Å². The highest BCUT2D eigenvalue weighted by Crippen LogP contribution is 2.27. The predicted octanol–water partition coefficient (Wildman–Crippen LogP) is 2.66. The Balaban J connectivity index is 1.48. The van der Waals surface area contributed by atoms with Gasteiger partial charge in [-0.05, 0) is 13.3 Å². The monoisotopic (exact) mass is 324 g/mol. The van der Waals surface area contributed by atoms with E-state index in [1.165, 1.54) is 0 Å². The van der Waals surface area contributed by atoms with Crippen molar-refractivity contribution in [3.8, 4) is 11.3 Å². The Labute approximate surface area is 138 Å². The third-order valence-electron chi connectivity index (χ3n) is 4.16. The van der Waals surface area contributed by atoms with Gasteiger partial charge in [-0.25, -0.2) is 0 Å². The van der Waals surface area contributed by atoms with Crippen molar-refractivity contribution in [3.63, 3.8) is 0 Å². The van der Waals surface area contributed by atoms with E-state index in [9.17, 15) is 4.79 Å². The summed E-state index contributed by atoms with van der Waals surface area (Å²) in [6.45, 7) is 2.97. The molecule has 4 rings (SSSR count). The first kappa shape index (κ1) is 14.6. The molecule has 0 bridgehead atoms. The van der Waals surface area contributed by atoms with Gasteiger partial charge in [0.2, 0.25) is 5.89 Å². The van der Waals surface area contributed by atoms with Crippen LogP contribution in [0.25, 0.3) is 11.3 Å². The number of benzene rings is 1. The van der Waals surface area contributed by atoms with Gasteiger partial charge < -0.3 is 13.9 Å². The molecule has 0 saturated carbocycles. The van der Waals surface area contributed by atoms with Crippen molar-refractivity contribution >= 4 is 5.91 Å². The van der Waals surface area contributed by atoms with Crippen LogP contribution in [0.3, 0.4) is 0 Å². The Hall–Kier alpha value is -2.96. The average Bonchev–Trinajstić information content (AvgIpc) is 3.35. The van der Waals surface area contributed by atoms with Crippen LogP contribution in [-0.4, -0.2) is 39.2 Å². The van der Waals surface area contributed by atoms with Crippen molar-refractivity contribution in [1.29, 1.82) is 0 Å². The summed E-state index contributed by atoms with van der Waals surface area (Å²) in [5.74, 6) is 1.73. The van der Waals surface area contributed by atoms with Crippen LogP contribution in [0.15, 0.2) is 45.4 Å². The molecule has 1 aliphatic heterocycles. The smallest absolute Gasteiger partial charge is 0.276 e. The summed E-state index contributed by atoms with van der Waals surface area (Å²) in [6, 6.07) is 11.3. The number of amides is 1. The van der Waals surface area contributed by atoms with Gasteiger partial charge in [0.05, 0.1) is 5.92 Å². The van der Waals surface area contributed by atoms with Gasteiger partial charge in [0.15, 0.2) is 17.3 Å². The third kappa shape index (κ3) is 2.68. The molecule has 0 spiro atoms. The molecule has 1 fully saturated rings. The lowest BCUT2D eigenvalue weighted by Gasteiger charge is -2.13. The first-order valence-corrected chi connectivity index (χ1v) is 7.82. The van der Waals surface area contributed by atoms with Crippen molar-refractivity contribution in [3.05, 3.63) is 53.8 Å². The van der Waals surface area contributed by atoms with E-state index in [1.807, 2.05) is 30.3 Å². The van der Waals surface area contributed by atoms with E-state index in [-0.39, 0.29) is 11.8 Å². The van der Waals surface area contributed by atoms with E-state index in [2.05, 4.69) is 15.3 Å². The standard InChI is InChI=1S/C17H16N4O3/c1-11-18-16(24-19-11)13-7-8-21(10-13)17(22)14-9-15(23-20-14)12-5-3-2-4-6-12/h2-6,9,13H,7-8,10H2,1H3. The summed E-state index contributed by atoms with van der Waals surface area (Å²) in [5, 5.41) is 7.73. The van der Waals surface area contributed by atoms with Crippen LogP contribution >= 0.6 is 0 Å². The minimum absolute atomic E-state index is 0.0793. The second kappa shape index (κ2) is 5.92. The molecule has 0 aliphatic carbocycles. The average molecular weight is 324 g/mol. The van der Waals surface area contributed by atoms with Crippen LogP contribution in [0.1, 0.15) is 34.5 Å². The van der Waals surface area contributed by atoms with Crippen LogP contribution in [0.2, 0.25) is 0 Å². The van der Waals surface area contributed by atoms with E-state index >= 15 is 0 Å². The highest BCUT2D eigenvalue weighted by atomic mass is 16.5. The first-order chi connectivity index (χ1) is 11.7. The molecule has 122 valence electrons. The molecule has 1 atom stereocenters. The molecule has 1 aromatic carbocycles. The fourth-order valence-corrected chi connectivity index (χ4v) is 2.90. The lowest BCUT2D eigenvalue weighted by atomic mass is 10.1. The molecule has 1 amide bonds. The summed E-state index contributed by atoms with van der Waals surface area (Å²) in [6.07, 6.45) is 0.802. The number of hydrogen-bond donors (Lipinski definition) is 0. The first-order valence-electron chi connectivity index (χ1n) is 7.82. The second-order valence-corrected chi connectivity index (χ2v) is 5.86. The van der Waals surface area contributed by atoms with Crippen molar-refractivity contribution in [2.45, 2.75) is 19.3 Å². The Morgan fingerprint density at radius 3 is 2.79 bits per heavy atom. The van der Waals surface area contributed by atoms with Crippen LogP contribution in [-0.2, 0) is 0 Å². The van der Waals surface area contributed by atoms with E-state index in [0.29, 0.717) is 36.3 Å². The molecule has 3 aromatic rings. The topological polar surface area (TPSA) is 85.3 Å². The van der Waals surface area contributed by atoms with Crippen molar-refractivity contribution in [2.24, 2.45) is 0 Å². The van der Waals surface area contributed by atoms with E-state index in [0.717, 1.165) is 12.0 Å². The number of aromatic nitrogens is 3. The molecule has 7 nitrogen and oxygen atoms in total. The van der Waals surface area contributed by atoms with Gasteiger partial charge in [0.25, 0.3) is 5.91 Å². The van der Waals surface area contributed by atoms with Gasteiger partial charge in [-0.1, -0.05) is 40.6 Å². The third-order valence-corrected chi connectivity index (χ3v) is 4.16. The number of hydrogen-bond acceptors (Lipinski definition) is 6.